The molecule has 1 aromatic rings. The standard InChI is InChI=1S/C11H16ClN/c1-7(2)11(13)9-6-4-5-8(3)10(9)12/h4-7,11H,13H2,1-3H3/t11-/m0/s1. The fourth-order valence-electron chi connectivity index (χ4n) is 1.29. The monoisotopic (exact) mass is 197 g/mol. The quantitative estimate of drug-likeness (QED) is 0.774. The third kappa shape index (κ3) is 2.23. The predicted molar refractivity (Wildman–Crippen MR) is 58.0 cm³/mol. The maximum Gasteiger partial charge on any atom is 0.0483 e. The number of halogens is 1. The third-order valence-electron chi connectivity index (χ3n) is 2.30. The van der Waals surface area contributed by atoms with Crippen molar-refractivity contribution in [2.45, 2.75) is 26.8 Å². The average molecular weight is 198 g/mol. The van der Waals surface area contributed by atoms with Crippen molar-refractivity contribution in [2.75, 3.05) is 0 Å². The zero-order valence-electron chi connectivity index (χ0n) is 8.34. The molecule has 2 heteroatoms. The molecule has 0 saturated heterocycles. The smallest absolute Gasteiger partial charge is 0.0483 e. The van der Waals surface area contributed by atoms with Crippen molar-refractivity contribution in [3.63, 3.8) is 0 Å². The van der Waals surface area contributed by atoms with Gasteiger partial charge in [0.1, 0.15) is 0 Å². The molecule has 2 N–H and O–H groups in total. The molecule has 0 aliphatic heterocycles. The van der Waals surface area contributed by atoms with Crippen LogP contribution in [0.2, 0.25) is 5.02 Å². The van der Waals surface area contributed by atoms with Crippen LogP contribution in [0.5, 0.6) is 0 Å². The molecule has 0 heterocycles. The number of benzene rings is 1. The van der Waals surface area contributed by atoms with Crippen LogP contribution in [0.4, 0.5) is 0 Å². The van der Waals surface area contributed by atoms with E-state index in [0.29, 0.717) is 5.92 Å². The largest absolute Gasteiger partial charge is 0.324 e. The van der Waals surface area contributed by atoms with E-state index < -0.39 is 0 Å². The van der Waals surface area contributed by atoms with Gasteiger partial charge in [0.05, 0.1) is 0 Å². The Bertz CT molecular complexity index is 294. The van der Waals surface area contributed by atoms with Gasteiger partial charge in [-0.25, -0.2) is 0 Å². The highest BCUT2D eigenvalue weighted by atomic mass is 35.5. The number of rotatable bonds is 2. The van der Waals surface area contributed by atoms with Gasteiger partial charge in [-0.1, -0.05) is 43.6 Å². The Labute approximate surface area is 84.9 Å². The number of nitrogens with two attached hydrogens (primary N) is 1. The Balaban J connectivity index is 3.07. The molecule has 13 heavy (non-hydrogen) atoms. The molecule has 0 bridgehead atoms. The summed E-state index contributed by atoms with van der Waals surface area (Å²) in [4.78, 5) is 0. The van der Waals surface area contributed by atoms with Gasteiger partial charge < -0.3 is 5.73 Å². The molecule has 1 aromatic carbocycles. The fourth-order valence-corrected chi connectivity index (χ4v) is 1.54. The molecule has 0 aromatic heterocycles. The zero-order chi connectivity index (χ0) is 10.0. The summed E-state index contributed by atoms with van der Waals surface area (Å²) in [5.41, 5.74) is 8.17. The summed E-state index contributed by atoms with van der Waals surface area (Å²) in [5, 5.41) is 0.809. The summed E-state index contributed by atoms with van der Waals surface area (Å²) in [6.45, 7) is 6.20. The second kappa shape index (κ2) is 4.12. The Hall–Kier alpha value is -0.530. The van der Waals surface area contributed by atoms with Crippen LogP contribution in [-0.4, -0.2) is 0 Å². The molecule has 1 atom stereocenters. The van der Waals surface area contributed by atoms with Crippen molar-refractivity contribution >= 4 is 11.6 Å². The zero-order valence-corrected chi connectivity index (χ0v) is 9.10. The summed E-state index contributed by atoms with van der Waals surface area (Å²) in [6, 6.07) is 6.03. The van der Waals surface area contributed by atoms with E-state index in [1.807, 2.05) is 25.1 Å². The van der Waals surface area contributed by atoms with Gasteiger partial charge in [-0.2, -0.15) is 0 Å². The van der Waals surface area contributed by atoms with E-state index in [4.69, 9.17) is 17.3 Å². The molecule has 0 fully saturated rings. The molecule has 0 amide bonds. The van der Waals surface area contributed by atoms with Gasteiger partial charge in [0.2, 0.25) is 0 Å². The second-order valence-corrected chi connectivity index (χ2v) is 4.13. The second-order valence-electron chi connectivity index (χ2n) is 3.75. The van der Waals surface area contributed by atoms with Crippen molar-refractivity contribution in [3.05, 3.63) is 34.3 Å². The van der Waals surface area contributed by atoms with Gasteiger partial charge in [-0.3, -0.25) is 0 Å². The van der Waals surface area contributed by atoms with Gasteiger partial charge in [-0.15, -0.1) is 0 Å². The first-order chi connectivity index (χ1) is 6.04. The molecule has 72 valence electrons. The maximum atomic E-state index is 6.15. The van der Waals surface area contributed by atoms with Crippen LogP contribution < -0.4 is 5.73 Å². The normalized spacial score (nSPS) is 13.4. The van der Waals surface area contributed by atoms with Gasteiger partial charge in [-0.05, 0) is 24.0 Å². The Morgan fingerprint density at radius 2 is 1.92 bits per heavy atom. The average Bonchev–Trinajstić information content (AvgIpc) is 2.08. The predicted octanol–water partition coefficient (Wildman–Crippen LogP) is 3.30. The van der Waals surface area contributed by atoms with E-state index in [1.54, 1.807) is 0 Å². The number of aryl methyl sites for hydroxylation is 1. The first-order valence-corrected chi connectivity index (χ1v) is 4.92. The number of hydrogen-bond donors (Lipinski definition) is 1. The minimum Gasteiger partial charge on any atom is -0.324 e. The van der Waals surface area contributed by atoms with Crippen LogP contribution in [-0.2, 0) is 0 Å². The first-order valence-electron chi connectivity index (χ1n) is 4.54. The minimum atomic E-state index is 0.0346. The molecule has 0 saturated carbocycles. The van der Waals surface area contributed by atoms with Crippen molar-refractivity contribution in [2.24, 2.45) is 11.7 Å². The van der Waals surface area contributed by atoms with Gasteiger partial charge in [0.15, 0.2) is 0 Å². The van der Waals surface area contributed by atoms with Crippen molar-refractivity contribution < 1.29 is 0 Å². The topological polar surface area (TPSA) is 26.0 Å². The van der Waals surface area contributed by atoms with Crippen LogP contribution >= 0.6 is 11.6 Å². The van der Waals surface area contributed by atoms with Gasteiger partial charge >= 0.3 is 0 Å². The summed E-state index contributed by atoms with van der Waals surface area (Å²) >= 11 is 6.15. The molecular weight excluding hydrogens is 182 g/mol. The van der Waals surface area contributed by atoms with Crippen molar-refractivity contribution in [1.82, 2.24) is 0 Å². The van der Waals surface area contributed by atoms with Gasteiger partial charge in [0.25, 0.3) is 0 Å². The van der Waals surface area contributed by atoms with E-state index in [2.05, 4.69) is 13.8 Å². The summed E-state index contributed by atoms with van der Waals surface area (Å²) in [7, 11) is 0. The maximum absolute atomic E-state index is 6.15. The van der Waals surface area contributed by atoms with Crippen LogP contribution in [0, 0.1) is 12.8 Å². The molecule has 0 aliphatic rings. The lowest BCUT2D eigenvalue weighted by Crippen LogP contribution is -2.17. The summed E-state index contributed by atoms with van der Waals surface area (Å²) in [5.74, 6) is 0.416. The summed E-state index contributed by atoms with van der Waals surface area (Å²) in [6.07, 6.45) is 0. The van der Waals surface area contributed by atoms with E-state index in [-0.39, 0.29) is 6.04 Å². The Kier molecular flexibility index (Phi) is 3.34. The van der Waals surface area contributed by atoms with Crippen molar-refractivity contribution in [3.8, 4) is 0 Å². The fraction of sp³-hybridized carbons (Fsp3) is 0.455. The van der Waals surface area contributed by atoms with E-state index in [1.165, 1.54) is 0 Å². The number of hydrogen-bond acceptors (Lipinski definition) is 1. The molecular formula is C11H16ClN. The van der Waals surface area contributed by atoms with Crippen LogP contribution in [0.1, 0.15) is 31.0 Å². The Morgan fingerprint density at radius 3 is 2.46 bits per heavy atom. The molecule has 0 unspecified atom stereocenters. The minimum absolute atomic E-state index is 0.0346. The highest BCUT2D eigenvalue weighted by molar-refractivity contribution is 6.32. The van der Waals surface area contributed by atoms with Crippen LogP contribution in [0.25, 0.3) is 0 Å². The molecule has 1 nitrogen and oxygen atoms in total. The van der Waals surface area contributed by atoms with E-state index >= 15 is 0 Å². The molecule has 1 rings (SSSR count). The lowest BCUT2D eigenvalue weighted by atomic mass is 9.96. The summed E-state index contributed by atoms with van der Waals surface area (Å²) < 4.78 is 0. The van der Waals surface area contributed by atoms with Crippen LogP contribution in [0.3, 0.4) is 0 Å². The molecule has 0 radical (unpaired) electrons. The SMILES string of the molecule is Cc1cccc([C@@H](N)C(C)C)c1Cl. The molecule has 0 spiro atoms. The van der Waals surface area contributed by atoms with Crippen LogP contribution in [0.15, 0.2) is 18.2 Å². The van der Waals surface area contributed by atoms with Gasteiger partial charge in [0, 0.05) is 11.1 Å². The first kappa shape index (κ1) is 10.6. The third-order valence-corrected chi connectivity index (χ3v) is 2.82. The Morgan fingerprint density at radius 1 is 1.31 bits per heavy atom. The lowest BCUT2D eigenvalue weighted by Gasteiger charge is -2.18. The lowest BCUT2D eigenvalue weighted by molar-refractivity contribution is 0.514. The van der Waals surface area contributed by atoms with E-state index in [0.717, 1.165) is 16.1 Å². The highest BCUT2D eigenvalue weighted by Crippen LogP contribution is 2.28. The molecule has 0 aliphatic carbocycles. The highest BCUT2D eigenvalue weighted by Gasteiger charge is 2.14. The van der Waals surface area contributed by atoms with Crippen molar-refractivity contribution in [1.29, 1.82) is 0 Å². The van der Waals surface area contributed by atoms with E-state index in [9.17, 15) is 0 Å².